The van der Waals surface area contributed by atoms with Crippen LogP contribution in [0.1, 0.15) is 38.5 Å². The van der Waals surface area contributed by atoms with E-state index < -0.39 is 16.6 Å². The van der Waals surface area contributed by atoms with Crippen LogP contribution in [0.25, 0.3) is 22.9 Å². The topological polar surface area (TPSA) is 125 Å². The van der Waals surface area contributed by atoms with E-state index in [0.717, 1.165) is 80.9 Å². The van der Waals surface area contributed by atoms with Gasteiger partial charge in [-0.2, -0.15) is 0 Å². The van der Waals surface area contributed by atoms with Gasteiger partial charge in [0.15, 0.2) is 0 Å². The second-order valence-electron chi connectivity index (χ2n) is 11.0. The monoisotopic (exact) mass is 564 g/mol. The van der Waals surface area contributed by atoms with Crippen LogP contribution in [-0.4, -0.2) is 67.2 Å². The lowest BCUT2D eigenvalue weighted by molar-refractivity contribution is 0.320. The van der Waals surface area contributed by atoms with Crippen molar-refractivity contribution in [3.63, 3.8) is 0 Å². The van der Waals surface area contributed by atoms with Crippen molar-refractivity contribution in [3.05, 3.63) is 48.7 Å². The largest absolute Gasteiger partial charge is 0.416 e. The highest BCUT2D eigenvalue weighted by Gasteiger charge is 2.25. The maximum atomic E-state index is 12.4. The van der Waals surface area contributed by atoms with Crippen molar-refractivity contribution in [1.29, 1.82) is 0 Å². The molecule has 2 saturated heterocycles. The Kier molecular flexibility index (Phi) is 7.75. The predicted molar refractivity (Wildman–Crippen MR) is 156 cm³/mol. The summed E-state index contributed by atoms with van der Waals surface area (Å²) in [6, 6.07) is 9.26. The third kappa shape index (κ3) is 6.00. The Hall–Kier alpha value is -3.44. The zero-order chi connectivity index (χ0) is 27.5. The number of nitrogens with one attached hydrogen (secondary N) is 1. The quantitative estimate of drug-likeness (QED) is 0.446. The predicted octanol–water partition coefficient (Wildman–Crippen LogP) is 4.32. The SMILES string of the molecule is O=S(=O)(CCO)Nc1ccc2c(c1)N1CCC(C/C=C/CC3CCCN(C3)c3cc(ccn3)-c3nnc-2o3)CC1. The first-order valence-corrected chi connectivity index (χ1v) is 15.8. The van der Waals surface area contributed by atoms with Crippen LogP contribution in [0.5, 0.6) is 0 Å². The number of anilines is 3. The van der Waals surface area contributed by atoms with Crippen LogP contribution in [-0.2, 0) is 10.0 Å². The fourth-order valence-electron chi connectivity index (χ4n) is 6.01. The zero-order valence-corrected chi connectivity index (χ0v) is 23.4. The van der Waals surface area contributed by atoms with Crippen LogP contribution in [0.4, 0.5) is 17.2 Å². The number of pyridine rings is 1. The summed E-state index contributed by atoms with van der Waals surface area (Å²) >= 11 is 0. The number of piperidine rings is 2. The van der Waals surface area contributed by atoms with Gasteiger partial charge in [-0.25, -0.2) is 13.4 Å². The first kappa shape index (κ1) is 26.8. The zero-order valence-electron chi connectivity index (χ0n) is 22.6. The Labute approximate surface area is 235 Å². The summed E-state index contributed by atoms with van der Waals surface area (Å²) in [5.74, 6) is 2.61. The summed E-state index contributed by atoms with van der Waals surface area (Å²) in [4.78, 5) is 9.29. The number of benzene rings is 1. The number of nitrogens with zero attached hydrogens (tertiary/aromatic N) is 5. The third-order valence-corrected chi connectivity index (χ3v) is 9.45. The Morgan fingerprint density at radius 2 is 1.75 bits per heavy atom. The fraction of sp³-hybridized carbons (Fsp3) is 0.483. The Morgan fingerprint density at radius 1 is 0.950 bits per heavy atom. The van der Waals surface area contributed by atoms with E-state index in [1.54, 1.807) is 12.3 Å². The average molecular weight is 565 g/mol. The number of allylic oxidation sites excluding steroid dienone is 2. The lowest BCUT2D eigenvalue weighted by atomic mass is 9.91. The summed E-state index contributed by atoms with van der Waals surface area (Å²) < 4.78 is 33.5. The number of aliphatic hydroxyl groups excluding tert-OH is 1. The summed E-state index contributed by atoms with van der Waals surface area (Å²) in [5, 5.41) is 17.9. The lowest BCUT2D eigenvalue weighted by Crippen LogP contribution is -2.35. The molecule has 4 aliphatic heterocycles. The van der Waals surface area contributed by atoms with Crippen molar-refractivity contribution < 1.29 is 17.9 Å². The van der Waals surface area contributed by atoms with Gasteiger partial charge < -0.3 is 19.3 Å². The number of sulfonamides is 1. The van der Waals surface area contributed by atoms with Crippen LogP contribution in [0, 0.1) is 11.8 Å². The van der Waals surface area contributed by atoms with Crippen molar-refractivity contribution in [2.24, 2.45) is 11.8 Å². The molecule has 0 saturated carbocycles. The van der Waals surface area contributed by atoms with Crippen LogP contribution in [0.2, 0.25) is 0 Å². The number of hydrogen-bond donors (Lipinski definition) is 2. The molecule has 1 unspecified atom stereocenters. The lowest BCUT2D eigenvalue weighted by Gasteiger charge is -2.34. The summed E-state index contributed by atoms with van der Waals surface area (Å²) in [5.41, 5.74) is 2.86. The molecule has 1 atom stereocenters. The van der Waals surface area contributed by atoms with Gasteiger partial charge in [0.1, 0.15) is 5.82 Å². The summed E-state index contributed by atoms with van der Waals surface area (Å²) in [6.07, 6.45) is 13.2. The molecule has 40 heavy (non-hydrogen) atoms. The van der Waals surface area contributed by atoms with Crippen LogP contribution < -0.4 is 14.5 Å². The van der Waals surface area contributed by atoms with Crippen molar-refractivity contribution in [2.75, 3.05) is 53.1 Å². The Bertz CT molecular complexity index is 1460. The van der Waals surface area contributed by atoms with Crippen LogP contribution in [0.15, 0.2) is 53.1 Å². The molecular weight excluding hydrogens is 528 g/mol. The molecule has 1 aromatic carbocycles. The number of fused-ring (bicyclic) bond motifs is 4. The van der Waals surface area contributed by atoms with Crippen molar-refractivity contribution in [1.82, 2.24) is 15.2 Å². The van der Waals surface area contributed by atoms with Crippen LogP contribution in [0.3, 0.4) is 0 Å². The molecule has 0 radical (unpaired) electrons. The smallest absolute Gasteiger partial charge is 0.250 e. The number of aromatic nitrogens is 3. The van der Waals surface area contributed by atoms with Gasteiger partial charge in [0.05, 0.1) is 29.3 Å². The normalized spacial score (nSPS) is 22.1. The van der Waals surface area contributed by atoms with Gasteiger partial charge in [-0.05, 0) is 80.7 Å². The van der Waals surface area contributed by atoms with Gasteiger partial charge in [-0.3, -0.25) is 4.72 Å². The molecule has 2 fully saturated rings. The molecule has 2 aromatic heterocycles. The van der Waals surface area contributed by atoms with Crippen molar-refractivity contribution in [2.45, 2.75) is 38.5 Å². The highest BCUT2D eigenvalue weighted by Crippen LogP contribution is 2.37. The Morgan fingerprint density at radius 3 is 2.58 bits per heavy atom. The molecule has 4 aliphatic rings. The molecule has 10 nitrogen and oxygen atoms in total. The van der Waals surface area contributed by atoms with Crippen LogP contribution >= 0.6 is 0 Å². The maximum Gasteiger partial charge on any atom is 0.250 e. The first-order chi connectivity index (χ1) is 19.5. The minimum absolute atomic E-state index is 0.359. The standard InChI is InChI=1S/C29H36N6O4S/c36-16-17-40(37,38)33-24-7-8-25-26(19-24)34-14-10-21(11-15-34)4-1-2-5-22-6-3-13-35(20-22)27-18-23(9-12-30-27)28-31-32-29(25)39-28/h1-2,7-9,12,18-19,21-22,33,36H,3-6,10-11,13-17,20H2/b2-1+. The summed E-state index contributed by atoms with van der Waals surface area (Å²) in [7, 11) is -3.66. The van der Waals surface area contributed by atoms with E-state index in [1.807, 2.05) is 24.3 Å². The number of rotatable bonds is 4. The molecule has 3 aromatic rings. The molecule has 0 spiro atoms. The van der Waals surface area contributed by atoms with E-state index in [2.05, 4.69) is 41.9 Å². The fourth-order valence-corrected chi connectivity index (χ4v) is 6.84. The van der Waals surface area contributed by atoms with Gasteiger partial charge in [-0.1, -0.05) is 12.2 Å². The van der Waals surface area contributed by atoms with Gasteiger partial charge in [0.25, 0.3) is 0 Å². The molecule has 0 aliphatic carbocycles. The van der Waals surface area contributed by atoms with Gasteiger partial charge in [-0.15, -0.1) is 10.2 Å². The highest BCUT2D eigenvalue weighted by atomic mass is 32.2. The maximum absolute atomic E-state index is 12.4. The molecule has 212 valence electrons. The van der Waals surface area contributed by atoms with Crippen molar-refractivity contribution >= 4 is 27.2 Å². The minimum Gasteiger partial charge on any atom is -0.416 e. The molecule has 0 amide bonds. The summed E-state index contributed by atoms with van der Waals surface area (Å²) in [6.45, 7) is 3.24. The molecule has 2 N–H and O–H groups in total. The van der Waals surface area contributed by atoms with E-state index in [0.29, 0.717) is 29.3 Å². The second kappa shape index (κ2) is 11.6. The number of aliphatic hydroxyl groups is 1. The average Bonchev–Trinajstić information content (AvgIpc) is 3.46. The van der Waals surface area contributed by atoms with E-state index >= 15 is 0 Å². The first-order valence-electron chi connectivity index (χ1n) is 14.2. The van der Waals surface area contributed by atoms with Crippen molar-refractivity contribution in [3.8, 4) is 22.9 Å². The van der Waals surface area contributed by atoms with Gasteiger partial charge in [0, 0.05) is 37.9 Å². The molecule has 6 heterocycles. The Balaban J connectivity index is 1.38. The molecular formula is C29H36N6O4S. The van der Waals surface area contributed by atoms with E-state index in [4.69, 9.17) is 9.52 Å². The van der Waals surface area contributed by atoms with E-state index in [1.165, 1.54) is 6.42 Å². The molecule has 7 rings (SSSR count). The molecule has 11 heteroatoms. The second-order valence-corrected chi connectivity index (χ2v) is 12.9. The minimum atomic E-state index is -3.66. The highest BCUT2D eigenvalue weighted by molar-refractivity contribution is 7.92. The van der Waals surface area contributed by atoms with E-state index in [9.17, 15) is 8.42 Å². The van der Waals surface area contributed by atoms with Gasteiger partial charge >= 0.3 is 0 Å². The van der Waals surface area contributed by atoms with Gasteiger partial charge in [0.2, 0.25) is 21.8 Å². The third-order valence-electron chi connectivity index (χ3n) is 8.18. The van der Waals surface area contributed by atoms with E-state index in [-0.39, 0.29) is 5.75 Å². The molecule has 8 bridgehead atoms. The number of hydrogen-bond acceptors (Lipinski definition) is 9.